The van der Waals surface area contributed by atoms with Crippen LogP contribution in [-0.2, 0) is 16.6 Å². The third kappa shape index (κ3) is 4.19. The molecule has 6 nitrogen and oxygen atoms in total. The first-order valence-corrected chi connectivity index (χ1v) is 7.44. The summed E-state index contributed by atoms with van der Waals surface area (Å²) in [6, 6.07) is 3.59. The van der Waals surface area contributed by atoms with Crippen LogP contribution in [0, 0.1) is 6.92 Å². The second-order valence-electron chi connectivity index (χ2n) is 6.50. The van der Waals surface area contributed by atoms with Crippen LogP contribution in [-0.4, -0.2) is 16.0 Å². The minimum atomic E-state index is -0.158. The topological polar surface area (TPSA) is 81.2 Å². The Morgan fingerprint density at radius 2 is 2.09 bits per heavy atom. The number of carbonyl (C=O) groups is 1. The molecule has 1 atom stereocenters. The van der Waals surface area contributed by atoms with Crippen molar-refractivity contribution < 1.29 is 13.7 Å². The van der Waals surface area contributed by atoms with Gasteiger partial charge in [-0.05, 0) is 26.0 Å². The molecule has 6 heteroatoms. The molecule has 0 spiro atoms. The van der Waals surface area contributed by atoms with Crippen molar-refractivity contribution in [2.24, 2.45) is 0 Å². The number of aromatic nitrogens is 2. The molecule has 120 valence electrons. The maximum Gasteiger partial charge on any atom is 0.227 e. The van der Waals surface area contributed by atoms with Crippen molar-refractivity contribution in [2.45, 2.75) is 58.9 Å². The third-order valence-electron chi connectivity index (χ3n) is 3.27. The number of hydrogen-bond donors (Lipinski definition) is 1. The van der Waals surface area contributed by atoms with Gasteiger partial charge in [-0.1, -0.05) is 25.9 Å². The van der Waals surface area contributed by atoms with Crippen molar-refractivity contribution in [3.05, 3.63) is 35.4 Å². The number of nitrogens with one attached hydrogen (secondary N) is 1. The van der Waals surface area contributed by atoms with Crippen LogP contribution in [0.1, 0.15) is 63.4 Å². The summed E-state index contributed by atoms with van der Waals surface area (Å²) in [7, 11) is 0. The zero-order valence-electron chi connectivity index (χ0n) is 13.8. The van der Waals surface area contributed by atoms with Crippen molar-refractivity contribution in [1.82, 2.24) is 15.5 Å². The Balaban J connectivity index is 1.84. The second-order valence-corrected chi connectivity index (χ2v) is 6.50. The zero-order valence-corrected chi connectivity index (χ0v) is 13.8. The zero-order chi connectivity index (χ0) is 16.3. The molecule has 0 aliphatic carbocycles. The third-order valence-corrected chi connectivity index (χ3v) is 3.27. The fraction of sp³-hybridized carbons (Fsp3) is 0.562. The Hall–Kier alpha value is -2.11. The first kappa shape index (κ1) is 16.3. The first-order chi connectivity index (χ1) is 10.3. The van der Waals surface area contributed by atoms with Crippen LogP contribution in [0.15, 0.2) is 21.1 Å². The Morgan fingerprint density at radius 1 is 1.36 bits per heavy atom. The maximum absolute atomic E-state index is 12.0. The van der Waals surface area contributed by atoms with E-state index in [2.05, 4.69) is 15.5 Å². The van der Waals surface area contributed by atoms with Crippen LogP contribution < -0.4 is 5.32 Å². The number of rotatable bonds is 5. The first-order valence-electron chi connectivity index (χ1n) is 7.44. The molecule has 1 amide bonds. The summed E-state index contributed by atoms with van der Waals surface area (Å²) in [5.74, 6) is 2.65. The number of carbonyl (C=O) groups excluding carboxylic acids is 1. The van der Waals surface area contributed by atoms with Gasteiger partial charge in [-0.15, -0.1) is 0 Å². The SMILES string of the molecule is Cc1ccc([C@H](C)NC(=O)CCc2nc(C(C)(C)C)no2)o1. The van der Waals surface area contributed by atoms with Gasteiger partial charge in [-0.2, -0.15) is 4.98 Å². The molecule has 2 aromatic heterocycles. The Bertz CT molecular complexity index is 637. The van der Waals surface area contributed by atoms with Crippen LogP contribution in [0.5, 0.6) is 0 Å². The lowest BCUT2D eigenvalue weighted by atomic mass is 9.96. The van der Waals surface area contributed by atoms with E-state index >= 15 is 0 Å². The molecule has 2 rings (SSSR count). The standard InChI is InChI=1S/C16H23N3O3/c1-10-6-7-12(21-10)11(2)17-13(20)8-9-14-18-15(19-22-14)16(3,4)5/h6-7,11H,8-9H2,1-5H3,(H,17,20)/t11-/m0/s1. The van der Waals surface area contributed by atoms with Gasteiger partial charge >= 0.3 is 0 Å². The number of amides is 1. The molecule has 0 saturated heterocycles. The molecule has 0 aliphatic rings. The Morgan fingerprint density at radius 3 is 2.64 bits per heavy atom. The summed E-state index contributed by atoms with van der Waals surface area (Å²) in [6.07, 6.45) is 0.731. The van der Waals surface area contributed by atoms with Gasteiger partial charge in [0.1, 0.15) is 11.5 Å². The van der Waals surface area contributed by atoms with Crippen molar-refractivity contribution in [2.75, 3.05) is 0 Å². The van der Waals surface area contributed by atoms with E-state index in [1.807, 2.05) is 46.8 Å². The second kappa shape index (κ2) is 6.34. The summed E-state index contributed by atoms with van der Waals surface area (Å²) in [5, 5.41) is 6.84. The highest BCUT2D eigenvalue weighted by atomic mass is 16.5. The fourth-order valence-electron chi connectivity index (χ4n) is 1.95. The largest absolute Gasteiger partial charge is 0.464 e. The molecular weight excluding hydrogens is 282 g/mol. The van der Waals surface area contributed by atoms with Crippen LogP contribution in [0.25, 0.3) is 0 Å². The minimum Gasteiger partial charge on any atom is -0.464 e. The Kier molecular flexibility index (Phi) is 4.68. The number of nitrogens with zero attached hydrogens (tertiary/aromatic N) is 2. The molecule has 1 N–H and O–H groups in total. The van der Waals surface area contributed by atoms with E-state index in [1.54, 1.807) is 0 Å². The highest BCUT2D eigenvalue weighted by molar-refractivity contribution is 5.76. The molecule has 0 radical (unpaired) electrons. The fourth-order valence-corrected chi connectivity index (χ4v) is 1.95. The van der Waals surface area contributed by atoms with Crippen molar-refractivity contribution >= 4 is 5.91 Å². The van der Waals surface area contributed by atoms with Gasteiger partial charge in [0.15, 0.2) is 5.82 Å². The molecule has 0 fully saturated rings. The lowest BCUT2D eigenvalue weighted by Crippen LogP contribution is -2.26. The molecule has 0 bridgehead atoms. The molecule has 2 aromatic rings. The summed E-state index contributed by atoms with van der Waals surface area (Å²) in [4.78, 5) is 16.3. The van der Waals surface area contributed by atoms with E-state index in [-0.39, 0.29) is 17.4 Å². The van der Waals surface area contributed by atoms with E-state index in [0.29, 0.717) is 24.6 Å². The van der Waals surface area contributed by atoms with Crippen LogP contribution in [0.3, 0.4) is 0 Å². The number of hydrogen-bond acceptors (Lipinski definition) is 5. The number of furan rings is 1. The summed E-state index contributed by atoms with van der Waals surface area (Å²) in [6.45, 7) is 9.81. The van der Waals surface area contributed by atoms with E-state index in [4.69, 9.17) is 8.94 Å². The summed E-state index contributed by atoms with van der Waals surface area (Å²) < 4.78 is 10.7. The van der Waals surface area contributed by atoms with E-state index in [9.17, 15) is 4.79 Å². The summed E-state index contributed by atoms with van der Waals surface area (Å²) >= 11 is 0. The highest BCUT2D eigenvalue weighted by Crippen LogP contribution is 2.19. The minimum absolute atomic E-state index is 0.0722. The van der Waals surface area contributed by atoms with Crippen LogP contribution in [0.2, 0.25) is 0 Å². The molecule has 0 aromatic carbocycles. The normalized spacial score (nSPS) is 13.1. The van der Waals surface area contributed by atoms with Gasteiger partial charge in [0.2, 0.25) is 11.8 Å². The molecular formula is C16H23N3O3. The lowest BCUT2D eigenvalue weighted by molar-refractivity contribution is -0.121. The van der Waals surface area contributed by atoms with Crippen molar-refractivity contribution in [3.63, 3.8) is 0 Å². The molecule has 2 heterocycles. The van der Waals surface area contributed by atoms with E-state index < -0.39 is 0 Å². The highest BCUT2D eigenvalue weighted by Gasteiger charge is 2.21. The molecule has 0 aliphatic heterocycles. The monoisotopic (exact) mass is 305 g/mol. The average molecular weight is 305 g/mol. The lowest BCUT2D eigenvalue weighted by Gasteiger charge is -2.11. The van der Waals surface area contributed by atoms with Gasteiger partial charge in [-0.3, -0.25) is 4.79 Å². The van der Waals surface area contributed by atoms with Gasteiger partial charge in [0, 0.05) is 18.3 Å². The van der Waals surface area contributed by atoms with Gasteiger partial charge in [0.05, 0.1) is 6.04 Å². The molecule has 22 heavy (non-hydrogen) atoms. The predicted molar refractivity (Wildman–Crippen MR) is 81.3 cm³/mol. The summed E-state index contributed by atoms with van der Waals surface area (Å²) in [5.41, 5.74) is -0.157. The predicted octanol–water partition coefficient (Wildman–Crippen LogP) is 3.08. The molecule has 0 saturated carbocycles. The number of aryl methyl sites for hydroxylation is 2. The molecule has 0 unspecified atom stereocenters. The van der Waals surface area contributed by atoms with E-state index in [1.165, 1.54) is 0 Å². The Labute approximate surface area is 130 Å². The quantitative estimate of drug-likeness (QED) is 0.918. The van der Waals surface area contributed by atoms with E-state index in [0.717, 1.165) is 11.5 Å². The van der Waals surface area contributed by atoms with Crippen molar-refractivity contribution in [1.29, 1.82) is 0 Å². The van der Waals surface area contributed by atoms with Crippen molar-refractivity contribution in [3.8, 4) is 0 Å². The maximum atomic E-state index is 12.0. The van der Waals surface area contributed by atoms with Gasteiger partial charge < -0.3 is 14.3 Å². The van der Waals surface area contributed by atoms with Crippen LogP contribution >= 0.6 is 0 Å². The van der Waals surface area contributed by atoms with Crippen LogP contribution in [0.4, 0.5) is 0 Å². The average Bonchev–Trinajstić information content (AvgIpc) is 3.04. The smallest absolute Gasteiger partial charge is 0.227 e. The van der Waals surface area contributed by atoms with Gasteiger partial charge in [0.25, 0.3) is 0 Å². The van der Waals surface area contributed by atoms with Gasteiger partial charge in [-0.25, -0.2) is 0 Å².